The van der Waals surface area contributed by atoms with E-state index in [0.29, 0.717) is 0 Å². The molecule has 0 bridgehead atoms. The zero-order valence-corrected chi connectivity index (χ0v) is 22.7. The fourth-order valence-electron chi connectivity index (χ4n) is 6.34. The van der Waals surface area contributed by atoms with Gasteiger partial charge in [-0.1, -0.05) is 81.8 Å². The molecule has 182 valence electrons. The smallest absolute Gasteiger partial charge is 0.0543 e. The molecule has 0 atom stereocenters. The maximum absolute atomic E-state index is 6.64. The van der Waals surface area contributed by atoms with Gasteiger partial charge in [0.25, 0.3) is 0 Å². The fourth-order valence-corrected chi connectivity index (χ4v) is 6.63. The van der Waals surface area contributed by atoms with Crippen LogP contribution in [-0.4, -0.2) is 0 Å². The Hall–Kier alpha value is -3.03. The summed E-state index contributed by atoms with van der Waals surface area (Å²) >= 11 is 6.64. The molecule has 0 radical (unpaired) electrons. The fraction of sp³-hybridized carbons (Fsp3) is 0.294. The van der Waals surface area contributed by atoms with Crippen LogP contribution in [0.4, 0.5) is 17.1 Å². The topological polar surface area (TPSA) is 3.24 Å². The Kier molecular flexibility index (Phi) is 5.36. The first-order valence-electron chi connectivity index (χ1n) is 13.1. The van der Waals surface area contributed by atoms with Gasteiger partial charge in [0.1, 0.15) is 0 Å². The van der Waals surface area contributed by atoms with Gasteiger partial charge in [-0.15, -0.1) is 0 Å². The molecule has 0 fully saturated rings. The molecule has 4 aromatic rings. The van der Waals surface area contributed by atoms with Gasteiger partial charge >= 0.3 is 0 Å². The normalized spacial score (nSPS) is 16.7. The molecule has 2 heteroatoms. The molecule has 0 unspecified atom stereocenters. The van der Waals surface area contributed by atoms with Crippen molar-refractivity contribution in [2.45, 2.75) is 64.7 Å². The molecule has 0 amide bonds. The highest BCUT2D eigenvalue weighted by atomic mass is 35.5. The number of nitrogens with zero attached hydrogens (tertiary/aromatic N) is 1. The van der Waals surface area contributed by atoms with Crippen molar-refractivity contribution < 1.29 is 0 Å². The minimum atomic E-state index is 0.141. The number of halogens is 1. The van der Waals surface area contributed by atoms with Crippen molar-refractivity contribution in [2.24, 2.45) is 0 Å². The van der Waals surface area contributed by atoms with E-state index in [-0.39, 0.29) is 10.8 Å². The molecule has 2 aliphatic carbocycles. The summed E-state index contributed by atoms with van der Waals surface area (Å²) in [6, 6.07) is 29.1. The Labute approximate surface area is 220 Å². The second-order valence-corrected chi connectivity index (χ2v) is 12.4. The predicted molar refractivity (Wildman–Crippen MR) is 154 cm³/mol. The van der Waals surface area contributed by atoms with Crippen LogP contribution in [0.25, 0.3) is 11.1 Å². The zero-order valence-electron chi connectivity index (χ0n) is 22.0. The summed E-state index contributed by atoms with van der Waals surface area (Å²) in [4.78, 5) is 2.43. The first-order valence-corrected chi connectivity index (χ1v) is 13.4. The Morgan fingerprint density at radius 2 is 1.42 bits per heavy atom. The zero-order chi connectivity index (χ0) is 25.2. The minimum absolute atomic E-state index is 0.141. The van der Waals surface area contributed by atoms with Crippen molar-refractivity contribution in [2.75, 3.05) is 4.90 Å². The third-order valence-electron chi connectivity index (χ3n) is 8.42. The van der Waals surface area contributed by atoms with Crippen molar-refractivity contribution in [3.8, 4) is 11.1 Å². The van der Waals surface area contributed by atoms with Crippen LogP contribution in [0.3, 0.4) is 0 Å². The van der Waals surface area contributed by atoms with E-state index in [0.717, 1.165) is 22.7 Å². The number of rotatable bonds is 3. The lowest BCUT2D eigenvalue weighted by Crippen LogP contribution is -2.34. The van der Waals surface area contributed by atoms with Crippen molar-refractivity contribution in [3.63, 3.8) is 0 Å². The first-order chi connectivity index (χ1) is 17.1. The van der Waals surface area contributed by atoms with Gasteiger partial charge in [-0.2, -0.15) is 0 Å². The maximum atomic E-state index is 6.64. The molecular formula is C34H34ClN. The first kappa shape index (κ1) is 23.4. The van der Waals surface area contributed by atoms with Crippen LogP contribution in [0.5, 0.6) is 0 Å². The van der Waals surface area contributed by atoms with Crippen molar-refractivity contribution in [1.82, 2.24) is 0 Å². The van der Waals surface area contributed by atoms with Gasteiger partial charge in [0.05, 0.1) is 5.69 Å². The molecule has 0 N–H and O–H groups in total. The van der Waals surface area contributed by atoms with Gasteiger partial charge in [-0.25, -0.2) is 0 Å². The molecule has 0 spiro atoms. The molecular weight excluding hydrogens is 458 g/mol. The molecule has 6 rings (SSSR count). The van der Waals surface area contributed by atoms with Gasteiger partial charge in [0.15, 0.2) is 0 Å². The van der Waals surface area contributed by atoms with E-state index < -0.39 is 0 Å². The van der Waals surface area contributed by atoms with Gasteiger partial charge in [0.2, 0.25) is 0 Å². The highest BCUT2D eigenvalue weighted by Crippen LogP contribution is 2.51. The maximum Gasteiger partial charge on any atom is 0.0543 e. The van der Waals surface area contributed by atoms with E-state index in [2.05, 4.69) is 112 Å². The average Bonchev–Trinajstić information content (AvgIpc) is 3.21. The number of anilines is 3. The quantitative estimate of drug-likeness (QED) is 0.242. The second-order valence-electron chi connectivity index (χ2n) is 12.0. The van der Waals surface area contributed by atoms with Gasteiger partial charge < -0.3 is 4.90 Å². The molecule has 0 saturated heterocycles. The highest BCUT2D eigenvalue weighted by Gasteiger charge is 2.37. The number of fused-ring (bicyclic) bond motifs is 4. The monoisotopic (exact) mass is 491 g/mol. The summed E-state index contributed by atoms with van der Waals surface area (Å²) in [7, 11) is 0. The average molecular weight is 492 g/mol. The molecule has 1 nitrogen and oxygen atoms in total. The van der Waals surface area contributed by atoms with Crippen molar-refractivity contribution in [3.05, 3.63) is 112 Å². The SMILES string of the molecule is Cc1cc(Cl)cc(N(c2ccc3c(c2)C(C)(C)CCC3(C)C)c2cccc3c2-c2ccccc2C3)c1. The number of hydrogen-bond acceptors (Lipinski definition) is 1. The predicted octanol–water partition coefficient (Wildman–Crippen LogP) is 10.0. The summed E-state index contributed by atoms with van der Waals surface area (Å²) in [5.41, 5.74) is 13.4. The van der Waals surface area contributed by atoms with Crippen LogP contribution in [0.1, 0.15) is 68.4 Å². The van der Waals surface area contributed by atoms with E-state index in [1.54, 1.807) is 0 Å². The molecule has 0 aliphatic heterocycles. The number of aryl methyl sites for hydroxylation is 1. The van der Waals surface area contributed by atoms with Crippen LogP contribution in [0, 0.1) is 6.92 Å². The Morgan fingerprint density at radius 3 is 2.19 bits per heavy atom. The van der Waals surface area contributed by atoms with Crippen molar-refractivity contribution in [1.29, 1.82) is 0 Å². The lowest BCUT2D eigenvalue weighted by molar-refractivity contribution is 0.332. The summed E-state index contributed by atoms with van der Waals surface area (Å²) in [6.07, 6.45) is 3.39. The third-order valence-corrected chi connectivity index (χ3v) is 8.64. The summed E-state index contributed by atoms with van der Waals surface area (Å²) in [5, 5.41) is 0.766. The Bertz CT molecular complexity index is 1470. The molecule has 4 aromatic carbocycles. The van der Waals surface area contributed by atoms with Gasteiger partial charge in [-0.05, 0) is 107 Å². The second kappa shape index (κ2) is 8.25. The van der Waals surface area contributed by atoms with Crippen LogP contribution >= 0.6 is 11.6 Å². The van der Waals surface area contributed by atoms with Crippen molar-refractivity contribution >= 4 is 28.7 Å². The summed E-state index contributed by atoms with van der Waals surface area (Å²) in [6.45, 7) is 11.7. The largest absolute Gasteiger partial charge is 0.310 e. The lowest BCUT2D eigenvalue weighted by Gasteiger charge is -2.42. The lowest BCUT2D eigenvalue weighted by atomic mass is 9.63. The molecule has 0 heterocycles. The molecule has 0 aromatic heterocycles. The Balaban J connectivity index is 1.62. The van der Waals surface area contributed by atoms with Gasteiger partial charge in [0, 0.05) is 22.0 Å². The van der Waals surface area contributed by atoms with Crippen LogP contribution in [0.15, 0.2) is 78.9 Å². The highest BCUT2D eigenvalue weighted by molar-refractivity contribution is 6.31. The number of benzene rings is 4. The summed E-state index contributed by atoms with van der Waals surface area (Å²) < 4.78 is 0. The van der Waals surface area contributed by atoms with E-state index in [1.807, 2.05) is 6.07 Å². The van der Waals surface area contributed by atoms with Crippen LogP contribution in [0.2, 0.25) is 5.02 Å². The van der Waals surface area contributed by atoms with E-state index in [4.69, 9.17) is 11.6 Å². The third kappa shape index (κ3) is 3.76. The van der Waals surface area contributed by atoms with E-state index >= 15 is 0 Å². The number of hydrogen-bond donors (Lipinski definition) is 0. The molecule has 0 saturated carbocycles. The molecule has 36 heavy (non-hydrogen) atoms. The van der Waals surface area contributed by atoms with Gasteiger partial charge in [-0.3, -0.25) is 0 Å². The minimum Gasteiger partial charge on any atom is -0.310 e. The molecule has 2 aliphatic rings. The van der Waals surface area contributed by atoms with Crippen LogP contribution in [-0.2, 0) is 17.3 Å². The standard InChI is InChI=1S/C34H34ClN/c1-22-17-25(35)20-27(18-22)36(26-13-14-29-30(21-26)34(4,5)16-15-33(29,2)3)31-12-8-10-24-19-23-9-6-7-11-28(23)32(24)31/h6-14,17-18,20-21H,15-16,19H2,1-5H3. The Morgan fingerprint density at radius 1 is 0.694 bits per heavy atom. The van der Waals surface area contributed by atoms with Crippen LogP contribution < -0.4 is 4.90 Å². The van der Waals surface area contributed by atoms with E-state index in [9.17, 15) is 0 Å². The summed E-state index contributed by atoms with van der Waals surface area (Å²) in [5.74, 6) is 0. The van der Waals surface area contributed by atoms with E-state index in [1.165, 1.54) is 57.6 Å².